The summed E-state index contributed by atoms with van der Waals surface area (Å²) in [6.45, 7) is 13.3. The molecule has 0 atom stereocenters. The predicted octanol–water partition coefficient (Wildman–Crippen LogP) is 6.60. The summed E-state index contributed by atoms with van der Waals surface area (Å²) in [6.07, 6.45) is 1.84. The molecule has 2 heterocycles. The zero-order valence-electron chi connectivity index (χ0n) is 18.0. The van der Waals surface area contributed by atoms with Crippen LogP contribution in [0.25, 0.3) is 33.1 Å². The van der Waals surface area contributed by atoms with E-state index in [9.17, 15) is 0 Å². The molecule has 0 spiro atoms. The Bertz CT molecular complexity index is 1290. The molecule has 4 aromatic rings. The van der Waals surface area contributed by atoms with Gasteiger partial charge in [0.25, 0.3) is 0 Å². The first-order chi connectivity index (χ1) is 13.7. The monoisotopic (exact) mass is 394 g/mol. The second-order valence-corrected chi connectivity index (χ2v) is 13.6. The Hall–Kier alpha value is -2.96. The molecular weight excluding hydrogens is 368 g/mol. The molecule has 0 bridgehead atoms. The van der Waals surface area contributed by atoms with Crippen molar-refractivity contribution in [3.05, 3.63) is 70.9 Å². The molecule has 2 aromatic heterocycles. The summed E-state index contributed by atoms with van der Waals surface area (Å²) >= 11 is 0. The van der Waals surface area contributed by atoms with Crippen molar-refractivity contribution in [3.8, 4) is 22.7 Å². The molecular formula is C26H26N2Si. The van der Waals surface area contributed by atoms with Crippen molar-refractivity contribution in [1.82, 2.24) is 9.97 Å². The Balaban J connectivity index is 2.11. The van der Waals surface area contributed by atoms with Crippen LogP contribution in [0, 0.1) is 32.2 Å². The van der Waals surface area contributed by atoms with Gasteiger partial charge in [-0.1, -0.05) is 61.5 Å². The van der Waals surface area contributed by atoms with Gasteiger partial charge in [0.05, 0.1) is 22.3 Å². The van der Waals surface area contributed by atoms with Crippen molar-refractivity contribution in [2.24, 2.45) is 0 Å². The summed E-state index contributed by atoms with van der Waals surface area (Å²) < 4.78 is 0. The topological polar surface area (TPSA) is 25.8 Å². The Morgan fingerprint density at radius 2 is 1.52 bits per heavy atom. The molecule has 0 fully saturated rings. The second kappa shape index (κ2) is 7.13. The highest BCUT2D eigenvalue weighted by Gasteiger charge is 2.16. The van der Waals surface area contributed by atoms with Crippen molar-refractivity contribution in [2.45, 2.75) is 40.4 Å². The minimum Gasteiger partial charge on any atom is -0.254 e. The number of rotatable bonds is 1. The van der Waals surface area contributed by atoms with Crippen LogP contribution in [0.5, 0.6) is 0 Å². The Morgan fingerprint density at radius 1 is 0.828 bits per heavy atom. The number of hydrogen-bond donors (Lipinski definition) is 0. The fraction of sp³-hybridized carbons (Fsp3) is 0.231. The third-order valence-electron chi connectivity index (χ3n) is 5.04. The summed E-state index contributed by atoms with van der Waals surface area (Å²) in [6, 6.07) is 14.9. The number of nitrogens with zero attached hydrogens (tertiary/aromatic N) is 2. The lowest BCUT2D eigenvalue weighted by Crippen LogP contribution is -2.16. The molecule has 144 valence electrons. The minimum absolute atomic E-state index is 0.941. The Labute approximate surface area is 174 Å². The highest BCUT2D eigenvalue weighted by molar-refractivity contribution is 6.83. The van der Waals surface area contributed by atoms with Crippen molar-refractivity contribution in [2.75, 3.05) is 0 Å². The van der Waals surface area contributed by atoms with E-state index < -0.39 is 8.07 Å². The molecule has 0 aliphatic rings. The quantitative estimate of drug-likeness (QED) is 0.206. The first kappa shape index (κ1) is 19.4. The van der Waals surface area contributed by atoms with E-state index in [0.29, 0.717) is 0 Å². The highest BCUT2D eigenvalue weighted by Crippen LogP contribution is 2.33. The van der Waals surface area contributed by atoms with Gasteiger partial charge in [0, 0.05) is 22.5 Å². The van der Waals surface area contributed by atoms with Crippen LogP contribution in [-0.4, -0.2) is 18.0 Å². The van der Waals surface area contributed by atoms with E-state index in [-0.39, 0.29) is 0 Å². The van der Waals surface area contributed by atoms with Gasteiger partial charge in [0.15, 0.2) is 0 Å². The van der Waals surface area contributed by atoms with Crippen LogP contribution in [0.2, 0.25) is 19.6 Å². The molecule has 0 aliphatic carbocycles. The number of fused-ring (bicyclic) bond motifs is 3. The van der Waals surface area contributed by atoms with Crippen molar-refractivity contribution < 1.29 is 0 Å². The average Bonchev–Trinajstić information content (AvgIpc) is 2.64. The summed E-state index contributed by atoms with van der Waals surface area (Å²) in [5, 5.41) is 2.19. The van der Waals surface area contributed by atoms with Gasteiger partial charge < -0.3 is 0 Å². The van der Waals surface area contributed by atoms with E-state index in [4.69, 9.17) is 4.98 Å². The molecule has 0 aliphatic heterocycles. The van der Waals surface area contributed by atoms with Gasteiger partial charge in [-0.3, -0.25) is 4.98 Å². The molecule has 0 unspecified atom stereocenters. The van der Waals surface area contributed by atoms with Crippen LogP contribution in [0.15, 0.2) is 48.7 Å². The molecule has 2 aromatic carbocycles. The van der Waals surface area contributed by atoms with Crippen molar-refractivity contribution in [3.63, 3.8) is 0 Å². The Kier molecular flexibility index (Phi) is 4.76. The normalized spacial score (nSPS) is 11.5. The predicted molar refractivity (Wildman–Crippen MR) is 127 cm³/mol. The largest absolute Gasteiger partial charge is 0.254 e. The van der Waals surface area contributed by atoms with Crippen LogP contribution in [0.3, 0.4) is 0 Å². The smallest absolute Gasteiger partial charge is 0.129 e. The zero-order valence-corrected chi connectivity index (χ0v) is 19.0. The van der Waals surface area contributed by atoms with Crippen LogP contribution < -0.4 is 0 Å². The van der Waals surface area contributed by atoms with E-state index in [0.717, 1.165) is 33.1 Å². The fourth-order valence-corrected chi connectivity index (χ4v) is 4.38. The van der Waals surface area contributed by atoms with Crippen molar-refractivity contribution >= 4 is 29.9 Å². The van der Waals surface area contributed by atoms with E-state index in [2.05, 4.69) is 93.3 Å². The number of benzene rings is 2. The maximum atomic E-state index is 5.18. The van der Waals surface area contributed by atoms with Gasteiger partial charge in [0.1, 0.15) is 8.07 Å². The SMILES string of the molecule is Cc1cc(C)c(-c2nc3c(ccc4cccnc43)cc2C#C[Si](C)(C)C)c(C)c1. The van der Waals surface area contributed by atoms with Gasteiger partial charge in [-0.05, 0) is 44.0 Å². The molecule has 0 saturated carbocycles. The van der Waals surface area contributed by atoms with Crippen molar-refractivity contribution in [1.29, 1.82) is 0 Å². The van der Waals surface area contributed by atoms with Gasteiger partial charge in [0.2, 0.25) is 0 Å². The summed E-state index contributed by atoms with van der Waals surface area (Å²) in [4.78, 5) is 9.80. The zero-order chi connectivity index (χ0) is 20.8. The van der Waals surface area contributed by atoms with E-state index in [1.165, 1.54) is 22.3 Å². The number of pyridine rings is 2. The van der Waals surface area contributed by atoms with Gasteiger partial charge in [-0.25, -0.2) is 4.98 Å². The summed E-state index contributed by atoms with van der Waals surface area (Å²) in [5.41, 5.74) is 12.3. The van der Waals surface area contributed by atoms with Crippen LogP contribution in [0.1, 0.15) is 22.3 Å². The molecule has 29 heavy (non-hydrogen) atoms. The lowest BCUT2D eigenvalue weighted by atomic mass is 9.94. The van der Waals surface area contributed by atoms with E-state index in [1.807, 2.05) is 12.3 Å². The van der Waals surface area contributed by atoms with Crippen LogP contribution in [0.4, 0.5) is 0 Å². The first-order valence-corrected chi connectivity index (χ1v) is 13.5. The van der Waals surface area contributed by atoms with Crippen LogP contribution >= 0.6 is 0 Å². The molecule has 3 heteroatoms. The fourth-order valence-electron chi connectivity index (χ4n) is 3.87. The molecule has 4 rings (SSSR count). The van der Waals surface area contributed by atoms with E-state index in [1.54, 1.807) is 0 Å². The summed E-state index contributed by atoms with van der Waals surface area (Å²) in [5.74, 6) is 3.49. The minimum atomic E-state index is -1.51. The Morgan fingerprint density at radius 3 is 2.21 bits per heavy atom. The molecule has 0 amide bonds. The van der Waals surface area contributed by atoms with Crippen LogP contribution in [-0.2, 0) is 0 Å². The molecule has 2 nitrogen and oxygen atoms in total. The summed E-state index contributed by atoms with van der Waals surface area (Å²) in [7, 11) is -1.51. The second-order valence-electron chi connectivity index (χ2n) is 8.87. The molecule has 0 saturated heterocycles. The van der Waals surface area contributed by atoms with Gasteiger partial charge in [-0.2, -0.15) is 0 Å². The highest BCUT2D eigenvalue weighted by atomic mass is 28.3. The lowest BCUT2D eigenvalue weighted by Gasteiger charge is -2.15. The maximum Gasteiger partial charge on any atom is 0.129 e. The molecule has 0 radical (unpaired) electrons. The third-order valence-corrected chi connectivity index (χ3v) is 5.92. The molecule has 0 N–H and O–H groups in total. The van der Waals surface area contributed by atoms with E-state index >= 15 is 0 Å². The standard InChI is InChI=1S/C26H26N2Si/c1-17-14-18(2)23(19(3)15-17)24-22(11-13-29(4,5)6)16-21-10-9-20-8-7-12-27-25(20)26(21)28-24/h7-10,12,14-16H,1-6H3. The number of aromatic nitrogens is 2. The first-order valence-electron chi connectivity index (χ1n) is 10.0. The third kappa shape index (κ3) is 3.81. The maximum absolute atomic E-state index is 5.18. The van der Waals surface area contributed by atoms with Gasteiger partial charge >= 0.3 is 0 Å². The average molecular weight is 395 g/mol. The number of hydrogen-bond acceptors (Lipinski definition) is 2. The van der Waals surface area contributed by atoms with Gasteiger partial charge in [-0.15, -0.1) is 5.54 Å². The number of aryl methyl sites for hydroxylation is 3. The lowest BCUT2D eigenvalue weighted by molar-refractivity contribution is 1.28.